The summed E-state index contributed by atoms with van der Waals surface area (Å²) in [5.74, 6) is -1.74. The summed E-state index contributed by atoms with van der Waals surface area (Å²) in [5, 5.41) is 14.9. The molecular weight excluding hydrogens is 472 g/mol. The number of hydrogen-bond donors (Lipinski definition) is 1. The van der Waals surface area contributed by atoms with Crippen LogP contribution in [0, 0.1) is 35.8 Å². The van der Waals surface area contributed by atoms with E-state index in [1.807, 2.05) is 0 Å². The Morgan fingerprint density at radius 3 is 2.42 bits per heavy atom. The van der Waals surface area contributed by atoms with Gasteiger partial charge in [-0.25, -0.2) is 32.1 Å². The first-order chi connectivity index (χ1) is 15.6. The first-order valence-electron chi connectivity index (χ1n) is 9.63. The highest BCUT2D eigenvalue weighted by Gasteiger charge is 2.36. The van der Waals surface area contributed by atoms with E-state index in [2.05, 4.69) is 11.1 Å². The minimum Gasteiger partial charge on any atom is -0.293 e. The first-order valence-corrected chi connectivity index (χ1v) is 12.0. The van der Waals surface area contributed by atoms with Gasteiger partial charge in [0.05, 0.1) is 17.7 Å². The molecule has 170 valence electrons. The molecule has 1 aromatic heterocycles. The fraction of sp³-hybridized carbons (Fsp3) is 0.190. The van der Waals surface area contributed by atoms with Crippen LogP contribution in [0.2, 0.25) is 0 Å². The third-order valence-electron chi connectivity index (χ3n) is 5.10. The zero-order valence-corrected chi connectivity index (χ0v) is 18.8. The summed E-state index contributed by atoms with van der Waals surface area (Å²) in [6.07, 6.45) is 0. The summed E-state index contributed by atoms with van der Waals surface area (Å²) in [7, 11) is -4.01. The molecular formula is C21H17F2N5O3S2. The lowest BCUT2D eigenvalue weighted by Crippen LogP contribution is -2.53. The zero-order valence-electron chi connectivity index (χ0n) is 17.2. The Morgan fingerprint density at radius 1 is 1.15 bits per heavy atom. The number of hydrogen-bond acceptors (Lipinski definition) is 6. The first kappa shape index (κ1) is 22.8. The van der Waals surface area contributed by atoms with E-state index in [-0.39, 0.29) is 33.7 Å². The molecule has 2 N–H and O–H groups in total. The molecule has 0 aliphatic carbocycles. The summed E-state index contributed by atoms with van der Waals surface area (Å²) >= 11 is 0.757. The van der Waals surface area contributed by atoms with E-state index < -0.39 is 33.6 Å². The zero-order chi connectivity index (χ0) is 23.9. The Hall–Kier alpha value is -3.40. The molecule has 1 saturated heterocycles. The number of nitrogens with zero attached hydrogens (tertiary/aromatic N) is 4. The average Bonchev–Trinajstić information content (AvgIpc) is 3.18. The van der Waals surface area contributed by atoms with Crippen LogP contribution >= 0.6 is 11.3 Å². The van der Waals surface area contributed by atoms with Gasteiger partial charge in [0, 0.05) is 24.3 Å². The summed E-state index contributed by atoms with van der Waals surface area (Å²) in [4.78, 5) is 20.0. The van der Waals surface area contributed by atoms with Crippen molar-refractivity contribution in [3.63, 3.8) is 0 Å². The van der Waals surface area contributed by atoms with Crippen molar-refractivity contribution in [2.45, 2.75) is 11.1 Å². The van der Waals surface area contributed by atoms with Crippen molar-refractivity contribution in [3.8, 4) is 17.2 Å². The van der Waals surface area contributed by atoms with Crippen molar-refractivity contribution in [1.29, 1.82) is 5.26 Å². The third-order valence-corrected chi connectivity index (χ3v) is 7.83. The molecule has 2 aromatic carbocycles. The topological polar surface area (TPSA) is 120 Å². The quantitative estimate of drug-likeness (QED) is 0.600. The van der Waals surface area contributed by atoms with E-state index >= 15 is 0 Å². The Balaban J connectivity index is 1.67. The van der Waals surface area contributed by atoms with Crippen LogP contribution in [-0.2, 0) is 10.0 Å². The predicted molar refractivity (Wildman–Crippen MR) is 119 cm³/mol. The number of nitriles is 1. The van der Waals surface area contributed by atoms with Gasteiger partial charge in [-0.3, -0.25) is 9.80 Å². The van der Waals surface area contributed by atoms with Gasteiger partial charge in [-0.15, -0.1) is 0 Å². The maximum absolute atomic E-state index is 14.1. The van der Waals surface area contributed by atoms with Gasteiger partial charge in [0.25, 0.3) is 0 Å². The molecule has 2 heterocycles. The van der Waals surface area contributed by atoms with E-state index in [0.717, 1.165) is 29.5 Å². The molecule has 12 heteroatoms. The average molecular weight is 490 g/mol. The van der Waals surface area contributed by atoms with E-state index in [1.165, 1.54) is 16.7 Å². The molecule has 1 aliphatic rings. The van der Waals surface area contributed by atoms with E-state index in [9.17, 15) is 27.3 Å². The predicted octanol–water partition coefficient (Wildman–Crippen LogP) is 3.63. The van der Waals surface area contributed by atoms with Gasteiger partial charge >= 0.3 is 6.03 Å². The fourth-order valence-electron chi connectivity index (χ4n) is 3.55. The Morgan fingerprint density at radius 2 is 1.82 bits per heavy atom. The fourth-order valence-corrected chi connectivity index (χ4v) is 5.50. The number of aromatic nitrogens is 1. The van der Waals surface area contributed by atoms with E-state index in [4.69, 9.17) is 5.14 Å². The summed E-state index contributed by atoms with van der Waals surface area (Å²) in [6.45, 7) is 1.61. The van der Waals surface area contributed by atoms with Crippen LogP contribution in [0.25, 0.3) is 11.1 Å². The molecule has 0 bridgehead atoms. The number of thiazole rings is 1. The van der Waals surface area contributed by atoms with Crippen molar-refractivity contribution in [2.24, 2.45) is 11.1 Å². The molecule has 1 atom stereocenters. The number of rotatable bonds is 4. The van der Waals surface area contributed by atoms with Crippen molar-refractivity contribution in [3.05, 3.63) is 59.8 Å². The standard InChI is InChI=1S/C21H17F2N5O3S2/c1-12-19(33(25,30)31)32-20(26-12)28-11-13(9-24)10-27(21(28)29)16-5-2-14(3-6-16)17-8-15(22)4-7-18(17)23/h2-8,13H,10-11H2,1H3,(H2,25,30,31)/t13-/m1/s1. The van der Waals surface area contributed by atoms with Crippen LogP contribution in [0.1, 0.15) is 5.69 Å². The molecule has 0 unspecified atom stereocenters. The molecule has 0 spiro atoms. The van der Waals surface area contributed by atoms with Gasteiger partial charge in [0.2, 0.25) is 10.0 Å². The van der Waals surface area contributed by atoms with Crippen molar-refractivity contribution in [1.82, 2.24) is 4.98 Å². The van der Waals surface area contributed by atoms with Crippen LogP contribution in [-0.4, -0.2) is 32.5 Å². The molecule has 0 saturated carbocycles. The number of aryl methyl sites for hydroxylation is 1. The highest BCUT2D eigenvalue weighted by molar-refractivity contribution is 7.91. The Kier molecular flexibility index (Phi) is 5.87. The monoisotopic (exact) mass is 489 g/mol. The van der Waals surface area contributed by atoms with Crippen LogP contribution in [0.5, 0.6) is 0 Å². The molecule has 1 fully saturated rings. The SMILES string of the molecule is Cc1nc(N2C[C@H](C#N)CN(c3ccc(-c4cc(F)ccc4F)cc3)C2=O)sc1S(N)(=O)=O. The Labute approximate surface area is 192 Å². The number of urea groups is 1. The minimum atomic E-state index is -4.01. The maximum Gasteiger partial charge on any atom is 0.330 e. The van der Waals surface area contributed by atoms with Gasteiger partial charge in [-0.2, -0.15) is 5.26 Å². The number of benzene rings is 2. The number of amides is 2. The van der Waals surface area contributed by atoms with Gasteiger partial charge in [-0.05, 0) is 42.8 Å². The number of sulfonamides is 1. The van der Waals surface area contributed by atoms with E-state index in [1.54, 1.807) is 24.3 Å². The summed E-state index contributed by atoms with van der Waals surface area (Å²) in [6, 6.07) is 11.0. The van der Waals surface area contributed by atoms with Crippen LogP contribution in [0.4, 0.5) is 24.4 Å². The van der Waals surface area contributed by atoms with Gasteiger partial charge in [-0.1, -0.05) is 23.5 Å². The second-order valence-electron chi connectivity index (χ2n) is 7.42. The molecule has 1 aliphatic heterocycles. The maximum atomic E-state index is 14.1. The molecule has 0 radical (unpaired) electrons. The lowest BCUT2D eigenvalue weighted by Gasteiger charge is -2.36. The number of carbonyl (C=O) groups is 1. The number of halogens is 2. The number of carbonyl (C=O) groups excluding carboxylic acids is 1. The summed E-state index contributed by atoms with van der Waals surface area (Å²) < 4.78 is 51.0. The van der Waals surface area contributed by atoms with Crippen molar-refractivity contribution in [2.75, 3.05) is 22.9 Å². The molecule has 2 amide bonds. The van der Waals surface area contributed by atoms with Gasteiger partial charge in [0.15, 0.2) is 9.34 Å². The second kappa shape index (κ2) is 8.51. The van der Waals surface area contributed by atoms with Crippen LogP contribution in [0.15, 0.2) is 46.7 Å². The lowest BCUT2D eigenvalue weighted by molar-refractivity contribution is 0.246. The highest BCUT2D eigenvalue weighted by Crippen LogP contribution is 2.34. The van der Waals surface area contributed by atoms with Crippen molar-refractivity contribution < 1.29 is 22.0 Å². The minimum absolute atomic E-state index is 0.0371. The van der Waals surface area contributed by atoms with Gasteiger partial charge in [0.1, 0.15) is 11.6 Å². The largest absolute Gasteiger partial charge is 0.330 e. The normalized spacial score (nSPS) is 16.7. The molecule has 4 rings (SSSR count). The highest BCUT2D eigenvalue weighted by atomic mass is 32.2. The third kappa shape index (κ3) is 4.43. The summed E-state index contributed by atoms with van der Waals surface area (Å²) in [5.41, 5.74) is 1.10. The van der Waals surface area contributed by atoms with Crippen LogP contribution in [0.3, 0.4) is 0 Å². The van der Waals surface area contributed by atoms with Gasteiger partial charge < -0.3 is 0 Å². The number of anilines is 2. The molecule has 8 nitrogen and oxygen atoms in total. The second-order valence-corrected chi connectivity index (χ2v) is 10.1. The Bertz CT molecular complexity index is 1380. The molecule has 3 aromatic rings. The smallest absolute Gasteiger partial charge is 0.293 e. The molecule has 33 heavy (non-hydrogen) atoms. The van der Waals surface area contributed by atoms with E-state index in [0.29, 0.717) is 11.3 Å². The van der Waals surface area contributed by atoms with Crippen molar-refractivity contribution >= 4 is 38.2 Å². The lowest BCUT2D eigenvalue weighted by atomic mass is 10.0. The number of nitrogens with two attached hydrogens (primary N) is 1. The number of primary sulfonamides is 1. The van der Waals surface area contributed by atoms with Crippen LogP contribution < -0.4 is 14.9 Å².